The number of amides is 3. The highest BCUT2D eigenvalue weighted by atomic mass is 32.2. The summed E-state index contributed by atoms with van der Waals surface area (Å²) in [6.07, 6.45) is 0.964. The van der Waals surface area contributed by atoms with Gasteiger partial charge in [-0.1, -0.05) is 19.9 Å². The van der Waals surface area contributed by atoms with Crippen molar-refractivity contribution in [1.82, 2.24) is 9.62 Å². The Morgan fingerprint density at radius 1 is 1.22 bits per heavy atom. The number of nitrogens with zero attached hydrogens (tertiary/aromatic N) is 1. The Morgan fingerprint density at radius 2 is 1.85 bits per heavy atom. The summed E-state index contributed by atoms with van der Waals surface area (Å²) in [7, 11) is -3.75. The van der Waals surface area contributed by atoms with Gasteiger partial charge in [0.15, 0.2) is 6.61 Å². The number of carbonyl (C=O) groups excluding carboxylic acids is 3. The van der Waals surface area contributed by atoms with Crippen LogP contribution in [0, 0.1) is 11.8 Å². The minimum absolute atomic E-state index is 0.0129. The van der Waals surface area contributed by atoms with Crippen LogP contribution in [0.15, 0.2) is 29.2 Å². The number of urea groups is 1. The molecule has 1 aliphatic rings. The van der Waals surface area contributed by atoms with Crippen LogP contribution in [0.5, 0.6) is 0 Å². The highest BCUT2D eigenvalue weighted by Gasteiger charge is 2.32. The van der Waals surface area contributed by atoms with Gasteiger partial charge in [-0.2, -0.15) is 4.31 Å². The lowest BCUT2D eigenvalue weighted by atomic mass is 9.94. The molecule has 0 aromatic heterocycles. The molecule has 0 saturated carbocycles. The fourth-order valence-electron chi connectivity index (χ4n) is 3.12. The van der Waals surface area contributed by atoms with Crippen molar-refractivity contribution in [3.8, 4) is 0 Å². The van der Waals surface area contributed by atoms with Crippen molar-refractivity contribution in [3.63, 3.8) is 0 Å². The second-order valence-electron chi connectivity index (χ2n) is 6.78. The average molecular weight is 397 g/mol. The first-order valence-electron chi connectivity index (χ1n) is 8.46. The van der Waals surface area contributed by atoms with Gasteiger partial charge in [0.1, 0.15) is 0 Å². The first-order valence-corrected chi connectivity index (χ1v) is 9.90. The van der Waals surface area contributed by atoms with Gasteiger partial charge >= 0.3 is 12.0 Å². The standard InChI is InChI=1S/C17H23N3O6S/c1-11-6-12(2)9-20(8-11)27(24,25)14-5-3-4-13(7-14)16(22)26-10-15(21)19-17(18)23/h3-5,7,11-12H,6,8-10H2,1-2H3,(H3,18,19,21,23)/t11-,12+. The lowest BCUT2D eigenvalue weighted by molar-refractivity contribution is -0.123. The lowest BCUT2D eigenvalue weighted by Crippen LogP contribution is -2.42. The fourth-order valence-corrected chi connectivity index (χ4v) is 4.85. The van der Waals surface area contributed by atoms with E-state index >= 15 is 0 Å². The second kappa shape index (κ2) is 8.49. The molecule has 0 aliphatic carbocycles. The normalized spacial score (nSPS) is 20.7. The summed E-state index contributed by atoms with van der Waals surface area (Å²) in [5.41, 5.74) is 4.77. The molecule has 2 rings (SSSR count). The predicted molar refractivity (Wildman–Crippen MR) is 96.2 cm³/mol. The van der Waals surface area contributed by atoms with Crippen molar-refractivity contribution < 1.29 is 27.5 Å². The number of ether oxygens (including phenoxy) is 1. The highest BCUT2D eigenvalue weighted by molar-refractivity contribution is 7.89. The topological polar surface area (TPSA) is 136 Å². The first-order chi connectivity index (χ1) is 12.6. The number of hydrogen-bond donors (Lipinski definition) is 2. The number of esters is 1. The molecular formula is C17H23N3O6S. The van der Waals surface area contributed by atoms with Crippen LogP contribution in [0.1, 0.15) is 30.6 Å². The fraction of sp³-hybridized carbons (Fsp3) is 0.471. The molecule has 10 heteroatoms. The Morgan fingerprint density at radius 3 is 2.44 bits per heavy atom. The van der Waals surface area contributed by atoms with Crippen molar-refractivity contribution in [2.75, 3.05) is 19.7 Å². The van der Waals surface area contributed by atoms with E-state index in [1.807, 2.05) is 13.8 Å². The van der Waals surface area contributed by atoms with Gasteiger partial charge in [-0.15, -0.1) is 0 Å². The molecule has 9 nitrogen and oxygen atoms in total. The molecule has 0 bridgehead atoms. The number of sulfonamides is 1. The van der Waals surface area contributed by atoms with Crippen LogP contribution < -0.4 is 11.1 Å². The maximum absolute atomic E-state index is 12.9. The van der Waals surface area contributed by atoms with Gasteiger partial charge in [0, 0.05) is 13.1 Å². The molecule has 0 spiro atoms. The van der Waals surface area contributed by atoms with E-state index in [9.17, 15) is 22.8 Å². The van der Waals surface area contributed by atoms with E-state index in [4.69, 9.17) is 10.5 Å². The van der Waals surface area contributed by atoms with Crippen molar-refractivity contribution in [2.24, 2.45) is 17.6 Å². The van der Waals surface area contributed by atoms with E-state index in [2.05, 4.69) is 0 Å². The summed E-state index contributed by atoms with van der Waals surface area (Å²) in [6.45, 7) is 4.15. The maximum Gasteiger partial charge on any atom is 0.338 e. The monoisotopic (exact) mass is 397 g/mol. The third kappa shape index (κ3) is 5.51. The largest absolute Gasteiger partial charge is 0.452 e. The second-order valence-corrected chi connectivity index (χ2v) is 8.72. The predicted octanol–water partition coefficient (Wildman–Crippen LogP) is 0.705. The molecule has 1 aromatic carbocycles. The van der Waals surface area contributed by atoms with Crippen LogP contribution in [-0.4, -0.2) is 50.3 Å². The average Bonchev–Trinajstić information content (AvgIpc) is 2.58. The van der Waals surface area contributed by atoms with Gasteiger partial charge < -0.3 is 10.5 Å². The first kappa shape index (κ1) is 20.8. The highest BCUT2D eigenvalue weighted by Crippen LogP contribution is 2.27. The number of nitrogens with one attached hydrogen (secondary N) is 1. The van der Waals surface area contributed by atoms with E-state index in [0.29, 0.717) is 13.1 Å². The summed E-state index contributed by atoms with van der Waals surface area (Å²) >= 11 is 0. The zero-order valence-corrected chi connectivity index (χ0v) is 16.0. The lowest BCUT2D eigenvalue weighted by Gasteiger charge is -2.34. The van der Waals surface area contributed by atoms with Crippen molar-refractivity contribution in [1.29, 1.82) is 0 Å². The minimum Gasteiger partial charge on any atom is -0.452 e. The van der Waals surface area contributed by atoms with E-state index in [-0.39, 0.29) is 22.3 Å². The summed E-state index contributed by atoms with van der Waals surface area (Å²) in [5, 5.41) is 1.76. The maximum atomic E-state index is 12.9. The van der Waals surface area contributed by atoms with E-state index < -0.39 is 34.5 Å². The molecule has 2 atom stereocenters. The van der Waals surface area contributed by atoms with Gasteiger partial charge in [-0.05, 0) is 36.5 Å². The smallest absolute Gasteiger partial charge is 0.338 e. The Bertz CT molecular complexity index is 829. The molecule has 1 fully saturated rings. The van der Waals surface area contributed by atoms with E-state index in [0.717, 1.165) is 6.42 Å². The van der Waals surface area contributed by atoms with Crippen LogP contribution in [0.4, 0.5) is 4.79 Å². The number of carbonyl (C=O) groups is 3. The number of piperidine rings is 1. The van der Waals surface area contributed by atoms with Gasteiger partial charge in [-0.25, -0.2) is 18.0 Å². The molecule has 1 aromatic rings. The third-order valence-electron chi connectivity index (χ3n) is 4.14. The molecule has 3 N–H and O–H groups in total. The van der Waals surface area contributed by atoms with E-state index in [1.165, 1.54) is 28.6 Å². The van der Waals surface area contributed by atoms with Crippen molar-refractivity contribution in [2.45, 2.75) is 25.2 Å². The SMILES string of the molecule is C[C@@H]1C[C@H](C)CN(S(=O)(=O)c2cccc(C(=O)OCC(=O)NC(N)=O)c2)C1. The number of imide groups is 1. The zero-order valence-electron chi connectivity index (χ0n) is 15.2. The molecule has 3 amide bonds. The number of hydrogen-bond acceptors (Lipinski definition) is 6. The van der Waals surface area contributed by atoms with E-state index in [1.54, 1.807) is 5.32 Å². The Kier molecular flexibility index (Phi) is 6.55. The minimum atomic E-state index is -3.75. The van der Waals surface area contributed by atoms with Gasteiger partial charge in [-0.3, -0.25) is 10.1 Å². The summed E-state index contributed by atoms with van der Waals surface area (Å²) < 4.78 is 32.0. The third-order valence-corrected chi connectivity index (χ3v) is 5.97. The van der Waals surface area contributed by atoms with Crippen LogP contribution in [0.3, 0.4) is 0 Å². The Hall–Kier alpha value is -2.46. The Balaban J connectivity index is 2.13. The van der Waals surface area contributed by atoms with Gasteiger partial charge in [0.25, 0.3) is 5.91 Å². The Labute approximate surface area is 157 Å². The number of benzene rings is 1. The molecule has 1 aliphatic heterocycles. The van der Waals surface area contributed by atoms with Crippen LogP contribution >= 0.6 is 0 Å². The van der Waals surface area contributed by atoms with Crippen molar-refractivity contribution in [3.05, 3.63) is 29.8 Å². The molecule has 0 radical (unpaired) electrons. The van der Waals surface area contributed by atoms with Crippen molar-refractivity contribution >= 4 is 27.9 Å². The summed E-state index contributed by atoms with van der Waals surface area (Å²) in [6, 6.07) is 4.39. The molecule has 148 valence electrons. The molecule has 0 unspecified atom stereocenters. The number of nitrogens with two attached hydrogens (primary N) is 1. The summed E-state index contributed by atoms with van der Waals surface area (Å²) in [4.78, 5) is 33.9. The number of rotatable bonds is 5. The molecule has 1 saturated heterocycles. The molecule has 1 heterocycles. The number of primary amides is 1. The van der Waals surface area contributed by atoms with Crippen LogP contribution in [0.25, 0.3) is 0 Å². The van der Waals surface area contributed by atoms with Gasteiger partial charge in [0.05, 0.1) is 10.5 Å². The molecular weight excluding hydrogens is 374 g/mol. The van der Waals surface area contributed by atoms with Gasteiger partial charge in [0.2, 0.25) is 10.0 Å². The quantitative estimate of drug-likeness (QED) is 0.702. The molecule has 27 heavy (non-hydrogen) atoms. The van der Waals surface area contributed by atoms with Crippen LogP contribution in [-0.2, 0) is 19.6 Å². The zero-order chi connectivity index (χ0) is 20.2. The summed E-state index contributed by atoms with van der Waals surface area (Å²) in [5.74, 6) is -1.26. The van der Waals surface area contributed by atoms with Crippen LogP contribution in [0.2, 0.25) is 0 Å².